The van der Waals surface area contributed by atoms with Crippen molar-refractivity contribution in [3.63, 3.8) is 0 Å². The highest BCUT2D eigenvalue weighted by Gasteiger charge is 2.15. The minimum atomic E-state index is 0.113. The molecule has 0 aliphatic carbocycles. The van der Waals surface area contributed by atoms with Crippen LogP contribution in [0.4, 0.5) is 0 Å². The standard InChI is InChI=1S/C12H9IN4O2/c1-17-6-7(5-14-17)11-15-12(19-16-11)9-4-8(13)2-3-10(9)18/h2-6,18H,1H3. The summed E-state index contributed by atoms with van der Waals surface area (Å²) in [6.45, 7) is 0. The van der Waals surface area contributed by atoms with Crippen LogP contribution in [0.25, 0.3) is 22.8 Å². The summed E-state index contributed by atoms with van der Waals surface area (Å²) >= 11 is 2.16. The number of aromatic hydroxyl groups is 1. The first-order valence-corrected chi connectivity index (χ1v) is 6.53. The molecule has 96 valence electrons. The number of hydrogen-bond acceptors (Lipinski definition) is 5. The van der Waals surface area contributed by atoms with E-state index in [1.165, 1.54) is 0 Å². The summed E-state index contributed by atoms with van der Waals surface area (Å²) in [7, 11) is 1.82. The molecule has 0 saturated carbocycles. The van der Waals surface area contributed by atoms with Crippen molar-refractivity contribution in [3.8, 4) is 28.6 Å². The predicted octanol–water partition coefficient (Wildman–Crippen LogP) is 2.45. The lowest BCUT2D eigenvalue weighted by atomic mass is 10.2. The second-order valence-corrected chi connectivity index (χ2v) is 5.23. The highest BCUT2D eigenvalue weighted by Crippen LogP contribution is 2.30. The molecule has 0 amide bonds. The van der Waals surface area contributed by atoms with Gasteiger partial charge in [-0.2, -0.15) is 10.1 Å². The maximum absolute atomic E-state index is 9.82. The molecule has 6 nitrogen and oxygen atoms in total. The second kappa shape index (κ2) is 4.65. The molecule has 1 aromatic carbocycles. The summed E-state index contributed by atoms with van der Waals surface area (Å²) in [6, 6.07) is 5.19. The molecule has 0 fully saturated rings. The predicted molar refractivity (Wildman–Crippen MR) is 76.3 cm³/mol. The molecule has 1 N–H and O–H groups in total. The maximum atomic E-state index is 9.82. The number of aromatic nitrogens is 4. The van der Waals surface area contributed by atoms with E-state index in [2.05, 4.69) is 37.8 Å². The van der Waals surface area contributed by atoms with Crippen LogP contribution < -0.4 is 0 Å². The number of phenols is 1. The largest absolute Gasteiger partial charge is 0.507 e. The molecule has 0 unspecified atom stereocenters. The zero-order valence-corrected chi connectivity index (χ0v) is 12.1. The van der Waals surface area contributed by atoms with Crippen molar-refractivity contribution in [2.24, 2.45) is 7.05 Å². The molecule has 0 atom stereocenters. The SMILES string of the molecule is Cn1cc(-c2noc(-c3cc(I)ccc3O)n2)cn1. The Morgan fingerprint density at radius 2 is 2.21 bits per heavy atom. The first-order valence-electron chi connectivity index (χ1n) is 5.45. The van der Waals surface area contributed by atoms with Crippen LogP contribution in [0.2, 0.25) is 0 Å². The number of benzene rings is 1. The van der Waals surface area contributed by atoms with Crippen LogP contribution in [0.3, 0.4) is 0 Å². The molecule has 3 rings (SSSR count). The lowest BCUT2D eigenvalue weighted by molar-refractivity contribution is 0.425. The molecule has 0 spiro atoms. The van der Waals surface area contributed by atoms with Gasteiger partial charge >= 0.3 is 0 Å². The van der Waals surface area contributed by atoms with Crippen molar-refractivity contribution in [2.75, 3.05) is 0 Å². The highest BCUT2D eigenvalue weighted by molar-refractivity contribution is 14.1. The van der Waals surface area contributed by atoms with Gasteiger partial charge < -0.3 is 9.63 Å². The molecule has 0 aliphatic heterocycles. The quantitative estimate of drug-likeness (QED) is 0.704. The van der Waals surface area contributed by atoms with Crippen LogP contribution in [0.15, 0.2) is 35.1 Å². The van der Waals surface area contributed by atoms with Gasteiger partial charge in [0.1, 0.15) is 5.75 Å². The fraction of sp³-hybridized carbons (Fsp3) is 0.0833. The Labute approximate surface area is 122 Å². The molecular weight excluding hydrogens is 359 g/mol. The Morgan fingerprint density at radius 3 is 2.95 bits per heavy atom. The summed E-state index contributed by atoms with van der Waals surface area (Å²) in [6.07, 6.45) is 3.45. The lowest BCUT2D eigenvalue weighted by Crippen LogP contribution is -1.84. The van der Waals surface area contributed by atoms with E-state index in [1.807, 2.05) is 7.05 Å². The van der Waals surface area contributed by atoms with E-state index in [0.29, 0.717) is 11.4 Å². The average molecular weight is 368 g/mol. The Morgan fingerprint density at radius 1 is 1.37 bits per heavy atom. The van der Waals surface area contributed by atoms with Crippen molar-refractivity contribution in [1.82, 2.24) is 19.9 Å². The Hall–Kier alpha value is -1.90. The summed E-state index contributed by atoms with van der Waals surface area (Å²) in [5, 5.41) is 17.8. The molecule has 2 heterocycles. The van der Waals surface area contributed by atoms with Crippen molar-refractivity contribution in [1.29, 1.82) is 0 Å². The molecular formula is C12H9IN4O2. The van der Waals surface area contributed by atoms with Crippen LogP contribution in [0.1, 0.15) is 0 Å². The van der Waals surface area contributed by atoms with E-state index in [1.54, 1.807) is 35.3 Å². The topological polar surface area (TPSA) is 77.0 Å². The van der Waals surface area contributed by atoms with Gasteiger partial charge in [-0.3, -0.25) is 4.68 Å². The first kappa shape index (κ1) is 12.2. The summed E-state index contributed by atoms with van der Waals surface area (Å²) in [4.78, 5) is 4.27. The van der Waals surface area contributed by atoms with Gasteiger partial charge in [0, 0.05) is 16.8 Å². The molecule has 0 saturated heterocycles. The van der Waals surface area contributed by atoms with E-state index >= 15 is 0 Å². The summed E-state index contributed by atoms with van der Waals surface area (Å²) in [5.41, 5.74) is 1.29. The van der Waals surface area contributed by atoms with E-state index in [-0.39, 0.29) is 11.6 Å². The van der Waals surface area contributed by atoms with Crippen molar-refractivity contribution >= 4 is 22.6 Å². The van der Waals surface area contributed by atoms with Gasteiger partial charge in [-0.1, -0.05) is 5.16 Å². The van der Waals surface area contributed by atoms with Crippen LogP contribution in [-0.4, -0.2) is 25.0 Å². The van der Waals surface area contributed by atoms with Crippen LogP contribution >= 0.6 is 22.6 Å². The molecule has 0 aliphatic rings. The minimum absolute atomic E-state index is 0.113. The molecule has 7 heteroatoms. The Balaban J connectivity index is 2.03. The highest BCUT2D eigenvalue weighted by atomic mass is 127. The van der Waals surface area contributed by atoms with Gasteiger partial charge in [0.05, 0.1) is 17.3 Å². The van der Waals surface area contributed by atoms with Crippen molar-refractivity contribution < 1.29 is 9.63 Å². The van der Waals surface area contributed by atoms with Gasteiger partial charge in [0.2, 0.25) is 5.82 Å². The molecule has 0 bridgehead atoms. The molecule has 19 heavy (non-hydrogen) atoms. The lowest BCUT2D eigenvalue weighted by Gasteiger charge is -1.99. The minimum Gasteiger partial charge on any atom is -0.507 e. The number of nitrogens with zero attached hydrogens (tertiary/aromatic N) is 4. The Bertz CT molecular complexity index is 735. The third-order valence-electron chi connectivity index (χ3n) is 2.58. The Kier molecular flexibility index (Phi) is 2.97. The number of hydrogen-bond donors (Lipinski definition) is 1. The van der Waals surface area contributed by atoms with Gasteiger partial charge in [-0.25, -0.2) is 0 Å². The number of phenolic OH excluding ortho intramolecular Hbond substituents is 1. The van der Waals surface area contributed by atoms with E-state index in [4.69, 9.17) is 4.52 Å². The zero-order chi connectivity index (χ0) is 13.4. The first-order chi connectivity index (χ1) is 9.13. The summed E-state index contributed by atoms with van der Waals surface area (Å²) in [5.74, 6) is 0.845. The number of halogens is 1. The molecule has 0 radical (unpaired) electrons. The molecule has 3 aromatic rings. The van der Waals surface area contributed by atoms with Gasteiger partial charge in [-0.05, 0) is 40.8 Å². The number of rotatable bonds is 2. The van der Waals surface area contributed by atoms with Gasteiger partial charge in [0.25, 0.3) is 5.89 Å². The van der Waals surface area contributed by atoms with E-state index in [9.17, 15) is 5.11 Å². The number of aryl methyl sites for hydroxylation is 1. The second-order valence-electron chi connectivity index (χ2n) is 3.99. The molecule has 2 aromatic heterocycles. The van der Waals surface area contributed by atoms with Crippen molar-refractivity contribution in [2.45, 2.75) is 0 Å². The maximum Gasteiger partial charge on any atom is 0.262 e. The average Bonchev–Trinajstić information content (AvgIpc) is 3.00. The van der Waals surface area contributed by atoms with Crippen LogP contribution in [-0.2, 0) is 7.05 Å². The third-order valence-corrected chi connectivity index (χ3v) is 3.25. The van der Waals surface area contributed by atoms with E-state index in [0.717, 1.165) is 9.13 Å². The third kappa shape index (κ3) is 2.33. The van der Waals surface area contributed by atoms with Gasteiger partial charge in [-0.15, -0.1) is 0 Å². The fourth-order valence-corrected chi connectivity index (χ4v) is 2.16. The van der Waals surface area contributed by atoms with Gasteiger partial charge in [0.15, 0.2) is 0 Å². The fourth-order valence-electron chi connectivity index (χ4n) is 1.67. The normalized spacial score (nSPS) is 10.8. The zero-order valence-electron chi connectivity index (χ0n) is 9.91. The smallest absolute Gasteiger partial charge is 0.262 e. The van der Waals surface area contributed by atoms with Crippen LogP contribution in [0, 0.1) is 3.57 Å². The monoisotopic (exact) mass is 368 g/mol. The van der Waals surface area contributed by atoms with Crippen molar-refractivity contribution in [3.05, 3.63) is 34.2 Å². The van der Waals surface area contributed by atoms with E-state index < -0.39 is 0 Å². The van der Waals surface area contributed by atoms with Crippen LogP contribution in [0.5, 0.6) is 5.75 Å². The summed E-state index contributed by atoms with van der Waals surface area (Å²) < 4.78 is 7.83.